The summed E-state index contributed by atoms with van der Waals surface area (Å²) in [6.07, 6.45) is -0.726. The van der Waals surface area contributed by atoms with Gasteiger partial charge in [-0.25, -0.2) is 0 Å². The Morgan fingerprint density at radius 2 is 1.81 bits per heavy atom. The maximum atomic E-state index is 12.4. The topological polar surface area (TPSA) is 26.3 Å². The van der Waals surface area contributed by atoms with Crippen molar-refractivity contribution in [2.45, 2.75) is 13.0 Å². The van der Waals surface area contributed by atoms with E-state index in [4.69, 9.17) is 39.5 Å². The van der Waals surface area contributed by atoms with Crippen molar-refractivity contribution >= 4 is 56.5 Å². The van der Waals surface area contributed by atoms with Crippen LogP contribution in [0.15, 0.2) is 40.9 Å². The molecule has 21 heavy (non-hydrogen) atoms. The Morgan fingerprint density at radius 3 is 2.48 bits per heavy atom. The highest BCUT2D eigenvalue weighted by Gasteiger charge is 2.20. The van der Waals surface area contributed by atoms with Gasteiger partial charge in [-0.3, -0.25) is 4.79 Å². The van der Waals surface area contributed by atoms with Crippen molar-refractivity contribution in [3.05, 3.63) is 61.5 Å². The van der Waals surface area contributed by atoms with Gasteiger partial charge < -0.3 is 4.74 Å². The van der Waals surface area contributed by atoms with E-state index >= 15 is 0 Å². The smallest absolute Gasteiger partial charge is 0.204 e. The van der Waals surface area contributed by atoms with Crippen molar-refractivity contribution in [3.8, 4) is 5.75 Å². The van der Waals surface area contributed by atoms with Crippen LogP contribution in [0.5, 0.6) is 5.75 Å². The van der Waals surface area contributed by atoms with Crippen LogP contribution in [0.25, 0.3) is 0 Å². The van der Waals surface area contributed by atoms with Gasteiger partial charge in [0.05, 0.1) is 10.0 Å². The molecule has 2 rings (SSSR count). The van der Waals surface area contributed by atoms with Crippen molar-refractivity contribution in [1.29, 1.82) is 0 Å². The van der Waals surface area contributed by atoms with E-state index in [-0.39, 0.29) is 5.78 Å². The van der Waals surface area contributed by atoms with Crippen molar-refractivity contribution in [2.24, 2.45) is 0 Å². The van der Waals surface area contributed by atoms with E-state index in [0.717, 1.165) is 4.47 Å². The third kappa shape index (κ3) is 4.13. The largest absolute Gasteiger partial charge is 0.481 e. The molecule has 0 spiro atoms. The van der Waals surface area contributed by atoms with E-state index in [9.17, 15) is 4.79 Å². The van der Waals surface area contributed by atoms with Crippen LogP contribution in [0.2, 0.25) is 15.1 Å². The molecule has 110 valence electrons. The number of Topliss-reactive ketones (excluding diaryl/α,β-unsaturated/α-hetero) is 1. The lowest BCUT2D eigenvalue weighted by atomic mass is 10.1. The van der Waals surface area contributed by atoms with Gasteiger partial charge in [-0.15, -0.1) is 0 Å². The molecule has 0 fully saturated rings. The highest BCUT2D eigenvalue weighted by Crippen LogP contribution is 2.30. The van der Waals surface area contributed by atoms with Crippen molar-refractivity contribution in [2.75, 3.05) is 0 Å². The quantitative estimate of drug-likeness (QED) is 0.575. The number of carbonyl (C=O) groups excluding carboxylic acids is 1. The Bertz CT molecular complexity index is 689. The molecule has 1 unspecified atom stereocenters. The lowest BCUT2D eigenvalue weighted by molar-refractivity contribution is 0.0818. The maximum absolute atomic E-state index is 12.4. The average Bonchev–Trinajstić information content (AvgIpc) is 2.42. The lowest BCUT2D eigenvalue weighted by Gasteiger charge is -2.15. The van der Waals surface area contributed by atoms with Gasteiger partial charge in [0.1, 0.15) is 5.75 Å². The van der Waals surface area contributed by atoms with E-state index in [2.05, 4.69) is 15.9 Å². The fourth-order valence-corrected chi connectivity index (χ4v) is 2.72. The maximum Gasteiger partial charge on any atom is 0.204 e. The standard InChI is InChI=1S/C15H10BrCl3O2/c1-8(21-14-6-9(16)2-5-12(14)18)15(20)11-4-3-10(17)7-13(11)19/h2-8H,1H3. The van der Waals surface area contributed by atoms with Crippen LogP contribution in [0.1, 0.15) is 17.3 Å². The number of carbonyl (C=O) groups is 1. The Labute approximate surface area is 146 Å². The zero-order chi connectivity index (χ0) is 15.6. The first-order valence-corrected chi connectivity index (χ1v) is 7.92. The van der Waals surface area contributed by atoms with Gasteiger partial charge in [0.2, 0.25) is 5.78 Å². The first-order chi connectivity index (χ1) is 9.88. The highest BCUT2D eigenvalue weighted by atomic mass is 79.9. The van der Waals surface area contributed by atoms with Gasteiger partial charge in [0.25, 0.3) is 0 Å². The number of halogens is 4. The van der Waals surface area contributed by atoms with Gasteiger partial charge >= 0.3 is 0 Å². The predicted octanol–water partition coefficient (Wildman–Crippen LogP) is 6.06. The molecule has 0 aliphatic carbocycles. The predicted molar refractivity (Wildman–Crippen MR) is 90.0 cm³/mol. The van der Waals surface area contributed by atoms with Crippen molar-refractivity contribution in [3.63, 3.8) is 0 Å². The molecule has 2 nitrogen and oxygen atoms in total. The van der Waals surface area contributed by atoms with Crippen LogP contribution in [-0.2, 0) is 0 Å². The summed E-state index contributed by atoms with van der Waals surface area (Å²) < 4.78 is 6.44. The lowest BCUT2D eigenvalue weighted by Crippen LogP contribution is -2.24. The summed E-state index contributed by atoms with van der Waals surface area (Å²) >= 11 is 21.2. The van der Waals surface area contributed by atoms with E-state index < -0.39 is 6.10 Å². The Kier molecular flexibility index (Phi) is 5.55. The van der Waals surface area contributed by atoms with E-state index in [0.29, 0.717) is 26.4 Å². The van der Waals surface area contributed by atoms with Gasteiger partial charge in [0, 0.05) is 15.1 Å². The Hall–Kier alpha value is -0.740. The molecule has 0 bridgehead atoms. The molecule has 0 saturated carbocycles. The second-order valence-corrected chi connectivity index (χ2v) is 6.49. The molecule has 0 N–H and O–H groups in total. The minimum Gasteiger partial charge on any atom is -0.481 e. The zero-order valence-electron chi connectivity index (χ0n) is 10.9. The molecule has 0 aliphatic heterocycles. The molecule has 2 aromatic carbocycles. The fourth-order valence-electron chi connectivity index (χ4n) is 1.72. The Morgan fingerprint density at radius 1 is 1.10 bits per heavy atom. The minimum absolute atomic E-state index is 0.243. The summed E-state index contributed by atoms with van der Waals surface area (Å²) in [5, 5.41) is 1.20. The molecule has 0 heterocycles. The number of rotatable bonds is 4. The summed E-state index contributed by atoms with van der Waals surface area (Å²) in [7, 11) is 0. The first-order valence-electron chi connectivity index (χ1n) is 5.99. The monoisotopic (exact) mass is 406 g/mol. The molecule has 6 heteroatoms. The minimum atomic E-state index is -0.726. The van der Waals surface area contributed by atoms with Crippen LogP contribution in [0, 0.1) is 0 Å². The molecule has 0 saturated heterocycles. The van der Waals surface area contributed by atoms with E-state index in [1.165, 1.54) is 6.07 Å². The molecule has 2 aromatic rings. The van der Waals surface area contributed by atoms with Crippen LogP contribution in [0.4, 0.5) is 0 Å². The van der Waals surface area contributed by atoms with Crippen LogP contribution < -0.4 is 4.74 Å². The van der Waals surface area contributed by atoms with Crippen LogP contribution in [-0.4, -0.2) is 11.9 Å². The van der Waals surface area contributed by atoms with Crippen LogP contribution in [0.3, 0.4) is 0 Å². The summed E-state index contributed by atoms with van der Waals surface area (Å²) in [5.74, 6) is 0.185. The summed E-state index contributed by atoms with van der Waals surface area (Å²) in [4.78, 5) is 12.4. The number of hydrogen-bond acceptors (Lipinski definition) is 2. The third-order valence-electron chi connectivity index (χ3n) is 2.76. The van der Waals surface area contributed by atoms with Crippen LogP contribution >= 0.6 is 50.7 Å². The fraction of sp³-hybridized carbons (Fsp3) is 0.133. The molecular formula is C15H10BrCl3O2. The molecule has 0 aliphatic rings. The third-order valence-corrected chi connectivity index (χ3v) is 4.12. The Balaban J connectivity index is 2.21. The highest BCUT2D eigenvalue weighted by molar-refractivity contribution is 9.10. The van der Waals surface area contributed by atoms with E-state index in [1.54, 1.807) is 37.3 Å². The van der Waals surface area contributed by atoms with E-state index in [1.807, 2.05) is 0 Å². The molecule has 0 radical (unpaired) electrons. The second-order valence-electron chi connectivity index (χ2n) is 4.32. The van der Waals surface area contributed by atoms with Gasteiger partial charge in [-0.1, -0.05) is 50.7 Å². The molecular weight excluding hydrogens is 398 g/mol. The number of hydrogen-bond donors (Lipinski definition) is 0. The normalized spacial score (nSPS) is 12.0. The average molecular weight is 409 g/mol. The molecule has 1 atom stereocenters. The van der Waals surface area contributed by atoms with Gasteiger partial charge in [-0.05, 0) is 43.3 Å². The number of ketones is 1. The van der Waals surface area contributed by atoms with Crippen molar-refractivity contribution < 1.29 is 9.53 Å². The summed E-state index contributed by atoms with van der Waals surface area (Å²) in [5.41, 5.74) is 0.361. The second kappa shape index (κ2) is 7.01. The summed E-state index contributed by atoms with van der Waals surface area (Å²) in [6, 6.07) is 9.89. The first kappa shape index (κ1) is 16.6. The zero-order valence-corrected chi connectivity index (χ0v) is 14.7. The molecule has 0 aromatic heterocycles. The van der Waals surface area contributed by atoms with Crippen molar-refractivity contribution in [1.82, 2.24) is 0 Å². The van der Waals surface area contributed by atoms with Gasteiger partial charge in [0.15, 0.2) is 6.10 Å². The SMILES string of the molecule is CC(Oc1cc(Br)ccc1Cl)C(=O)c1ccc(Cl)cc1Cl. The number of benzene rings is 2. The molecule has 0 amide bonds. The van der Waals surface area contributed by atoms with Gasteiger partial charge in [-0.2, -0.15) is 0 Å². The number of ether oxygens (including phenoxy) is 1. The summed E-state index contributed by atoms with van der Waals surface area (Å²) in [6.45, 7) is 1.64.